The molecule has 22 heavy (non-hydrogen) atoms. The van der Waals surface area contributed by atoms with E-state index in [1.54, 1.807) is 24.3 Å². The third-order valence-corrected chi connectivity index (χ3v) is 2.93. The molecule has 0 spiro atoms. The highest BCUT2D eigenvalue weighted by Gasteiger charge is 2.24. The van der Waals surface area contributed by atoms with E-state index < -0.39 is 12.1 Å². The molecule has 0 saturated heterocycles. The first-order valence-electron chi connectivity index (χ1n) is 7.24. The Bertz CT molecular complexity index is 499. The maximum absolute atomic E-state index is 11.6. The molecule has 0 heterocycles. The summed E-state index contributed by atoms with van der Waals surface area (Å²) in [5.74, 6) is 0.277. The van der Waals surface area contributed by atoms with Crippen molar-refractivity contribution >= 4 is 17.4 Å². The summed E-state index contributed by atoms with van der Waals surface area (Å²) in [5.41, 5.74) is 0.670. The Morgan fingerprint density at radius 2 is 1.77 bits per heavy atom. The van der Waals surface area contributed by atoms with Gasteiger partial charge in [-0.3, -0.25) is 9.59 Å². The van der Waals surface area contributed by atoms with Crippen molar-refractivity contribution in [3.63, 3.8) is 0 Å². The van der Waals surface area contributed by atoms with Crippen LogP contribution in [0.25, 0.3) is 0 Å². The van der Waals surface area contributed by atoms with Crippen molar-refractivity contribution < 1.29 is 19.4 Å². The molecule has 1 aromatic rings. The Kier molecular flexibility index (Phi) is 7.01. The Balaban J connectivity index is 2.56. The second-order valence-electron chi connectivity index (χ2n) is 5.49. The molecule has 0 aliphatic heterocycles. The molecule has 6 heteroatoms. The van der Waals surface area contributed by atoms with Crippen molar-refractivity contribution in [2.24, 2.45) is 0 Å². The number of benzene rings is 1. The molecule has 0 saturated carbocycles. The molecular formula is C16H24N2O4. The van der Waals surface area contributed by atoms with Crippen LogP contribution in [0.15, 0.2) is 24.3 Å². The molecule has 3 N–H and O–H groups in total. The molecule has 1 rings (SSSR count). The number of anilines is 1. The fourth-order valence-electron chi connectivity index (χ4n) is 1.97. The number of amides is 1. The molecule has 2 atom stereocenters. The van der Waals surface area contributed by atoms with Crippen LogP contribution in [0, 0.1) is 0 Å². The summed E-state index contributed by atoms with van der Waals surface area (Å²) in [4.78, 5) is 22.5. The predicted octanol–water partition coefficient (Wildman–Crippen LogP) is 1.34. The third kappa shape index (κ3) is 6.24. The van der Waals surface area contributed by atoms with Gasteiger partial charge in [-0.1, -0.05) is 13.8 Å². The van der Waals surface area contributed by atoms with E-state index in [1.165, 1.54) is 13.8 Å². The lowest BCUT2D eigenvalue weighted by atomic mass is 10.1. The highest BCUT2D eigenvalue weighted by molar-refractivity contribution is 5.88. The van der Waals surface area contributed by atoms with Crippen LogP contribution in [0.2, 0.25) is 0 Å². The highest BCUT2D eigenvalue weighted by atomic mass is 16.5. The van der Waals surface area contributed by atoms with Crippen molar-refractivity contribution in [3.8, 4) is 5.75 Å². The van der Waals surface area contributed by atoms with E-state index in [1.807, 2.05) is 13.8 Å². The lowest BCUT2D eigenvalue weighted by molar-refractivity contribution is -0.122. The van der Waals surface area contributed by atoms with Crippen LogP contribution in [-0.2, 0) is 9.59 Å². The van der Waals surface area contributed by atoms with Gasteiger partial charge in [0.15, 0.2) is 0 Å². The zero-order valence-electron chi connectivity index (χ0n) is 13.4. The standard InChI is InChI=1S/C16H24N2O4/c1-10(2)17-16(11(3)19)15(21)9-22-14-7-5-13(6-8-14)18-12(4)20/h5-8,10,15-17,21H,9H2,1-4H3,(H,18,20). The summed E-state index contributed by atoms with van der Waals surface area (Å²) in [6.45, 7) is 6.69. The molecule has 0 aromatic heterocycles. The summed E-state index contributed by atoms with van der Waals surface area (Å²) >= 11 is 0. The number of carbonyl (C=O) groups is 2. The zero-order valence-corrected chi connectivity index (χ0v) is 13.4. The van der Waals surface area contributed by atoms with Gasteiger partial charge in [0.1, 0.15) is 24.2 Å². The normalized spacial score (nSPS) is 13.5. The summed E-state index contributed by atoms with van der Waals surface area (Å²) in [7, 11) is 0. The summed E-state index contributed by atoms with van der Waals surface area (Å²) in [6.07, 6.45) is -0.935. The zero-order chi connectivity index (χ0) is 16.7. The minimum atomic E-state index is -0.935. The summed E-state index contributed by atoms with van der Waals surface area (Å²) < 4.78 is 5.49. The molecule has 0 fully saturated rings. The minimum absolute atomic E-state index is 0.00342. The second kappa shape index (κ2) is 8.51. The first-order valence-corrected chi connectivity index (χ1v) is 7.24. The van der Waals surface area contributed by atoms with Crippen molar-refractivity contribution in [3.05, 3.63) is 24.3 Å². The van der Waals surface area contributed by atoms with Crippen LogP contribution in [-0.4, -0.2) is 41.6 Å². The molecule has 0 aliphatic carbocycles. The van der Waals surface area contributed by atoms with Gasteiger partial charge in [0.2, 0.25) is 5.91 Å². The topological polar surface area (TPSA) is 87.7 Å². The highest BCUT2D eigenvalue weighted by Crippen LogP contribution is 2.16. The minimum Gasteiger partial charge on any atom is -0.491 e. The third-order valence-electron chi connectivity index (χ3n) is 2.93. The van der Waals surface area contributed by atoms with Crippen molar-refractivity contribution in [1.82, 2.24) is 5.32 Å². The Hall–Kier alpha value is -1.92. The quantitative estimate of drug-likeness (QED) is 0.674. The van der Waals surface area contributed by atoms with Crippen molar-refractivity contribution in [2.75, 3.05) is 11.9 Å². The van der Waals surface area contributed by atoms with Gasteiger partial charge < -0.3 is 20.5 Å². The van der Waals surface area contributed by atoms with Gasteiger partial charge in [-0.25, -0.2) is 0 Å². The van der Waals surface area contributed by atoms with Gasteiger partial charge in [-0.2, -0.15) is 0 Å². The van der Waals surface area contributed by atoms with Crippen molar-refractivity contribution in [1.29, 1.82) is 0 Å². The molecule has 0 bridgehead atoms. The molecule has 1 aromatic carbocycles. The molecule has 6 nitrogen and oxygen atoms in total. The lowest BCUT2D eigenvalue weighted by Gasteiger charge is -2.24. The average Bonchev–Trinajstić information content (AvgIpc) is 2.42. The van der Waals surface area contributed by atoms with Gasteiger partial charge in [-0.15, -0.1) is 0 Å². The average molecular weight is 308 g/mol. The van der Waals surface area contributed by atoms with E-state index in [-0.39, 0.29) is 24.3 Å². The molecule has 1 amide bonds. The van der Waals surface area contributed by atoms with E-state index >= 15 is 0 Å². The van der Waals surface area contributed by atoms with Crippen LogP contribution in [0.1, 0.15) is 27.7 Å². The number of ketones is 1. The molecule has 0 radical (unpaired) electrons. The monoisotopic (exact) mass is 308 g/mol. The smallest absolute Gasteiger partial charge is 0.221 e. The summed E-state index contributed by atoms with van der Waals surface area (Å²) in [5, 5.41) is 15.8. The van der Waals surface area contributed by atoms with E-state index in [4.69, 9.17) is 4.74 Å². The number of carbonyl (C=O) groups excluding carboxylic acids is 2. The maximum atomic E-state index is 11.6. The van der Waals surface area contributed by atoms with Crippen LogP contribution in [0.5, 0.6) is 5.75 Å². The number of rotatable bonds is 8. The predicted molar refractivity (Wildman–Crippen MR) is 85.0 cm³/mol. The number of aliphatic hydroxyl groups is 1. The number of nitrogens with one attached hydrogen (secondary N) is 2. The first-order chi connectivity index (χ1) is 10.3. The number of ether oxygens (including phenoxy) is 1. The molecule has 0 aliphatic rings. The maximum Gasteiger partial charge on any atom is 0.221 e. The van der Waals surface area contributed by atoms with Crippen LogP contribution in [0.3, 0.4) is 0 Å². The van der Waals surface area contributed by atoms with Crippen LogP contribution >= 0.6 is 0 Å². The summed E-state index contributed by atoms with van der Waals surface area (Å²) in [6, 6.07) is 6.22. The van der Waals surface area contributed by atoms with E-state index in [9.17, 15) is 14.7 Å². The Morgan fingerprint density at radius 3 is 2.23 bits per heavy atom. The Labute approximate surface area is 130 Å². The van der Waals surface area contributed by atoms with Gasteiger partial charge in [0.05, 0.1) is 6.04 Å². The molecule has 2 unspecified atom stereocenters. The number of hydrogen-bond acceptors (Lipinski definition) is 5. The fraction of sp³-hybridized carbons (Fsp3) is 0.500. The van der Waals surface area contributed by atoms with Gasteiger partial charge >= 0.3 is 0 Å². The first kappa shape index (κ1) is 18.1. The fourth-order valence-corrected chi connectivity index (χ4v) is 1.97. The van der Waals surface area contributed by atoms with Gasteiger partial charge in [0, 0.05) is 18.7 Å². The van der Waals surface area contributed by atoms with Crippen LogP contribution < -0.4 is 15.4 Å². The second-order valence-corrected chi connectivity index (χ2v) is 5.49. The van der Waals surface area contributed by atoms with E-state index in [0.717, 1.165) is 0 Å². The van der Waals surface area contributed by atoms with Crippen molar-refractivity contribution in [2.45, 2.75) is 45.9 Å². The van der Waals surface area contributed by atoms with E-state index in [0.29, 0.717) is 11.4 Å². The SMILES string of the molecule is CC(=O)Nc1ccc(OCC(O)C(NC(C)C)C(C)=O)cc1. The molecular weight excluding hydrogens is 284 g/mol. The Morgan fingerprint density at radius 1 is 1.18 bits per heavy atom. The number of aliphatic hydroxyl groups excluding tert-OH is 1. The number of hydrogen-bond donors (Lipinski definition) is 3. The van der Waals surface area contributed by atoms with Gasteiger partial charge in [0.25, 0.3) is 0 Å². The van der Waals surface area contributed by atoms with Gasteiger partial charge in [-0.05, 0) is 31.2 Å². The van der Waals surface area contributed by atoms with E-state index in [2.05, 4.69) is 10.6 Å². The molecule has 122 valence electrons. The lowest BCUT2D eigenvalue weighted by Crippen LogP contribution is -2.50. The number of Topliss-reactive ketones (excluding diaryl/α,β-unsaturated/α-hetero) is 1. The van der Waals surface area contributed by atoms with Crippen LogP contribution in [0.4, 0.5) is 5.69 Å². The largest absolute Gasteiger partial charge is 0.491 e.